The second kappa shape index (κ2) is 2.46. The van der Waals surface area contributed by atoms with Crippen LogP contribution < -0.4 is 5.73 Å². The van der Waals surface area contributed by atoms with Crippen LogP contribution in [0.15, 0.2) is 0 Å². The standard InChI is InChI=1S/C5H10ClNO/c1-5(2,7)3-4(6)8/h3,7H2,1-2H3. The molecular weight excluding hydrogens is 126 g/mol. The van der Waals surface area contributed by atoms with E-state index in [1.165, 1.54) is 0 Å². The molecule has 0 bridgehead atoms. The number of rotatable bonds is 2. The average Bonchev–Trinajstić information content (AvgIpc) is 1.21. The lowest BCUT2D eigenvalue weighted by molar-refractivity contribution is -0.112. The fourth-order valence-electron chi connectivity index (χ4n) is 0.358. The molecule has 3 heteroatoms. The smallest absolute Gasteiger partial charge is 0.223 e. The fourth-order valence-corrected chi connectivity index (χ4v) is 0.703. The predicted octanol–water partition coefficient (Wildman–Crippen LogP) is 0.879. The molecule has 0 radical (unpaired) electrons. The molecular formula is C5H10ClNO. The van der Waals surface area contributed by atoms with Crippen molar-refractivity contribution in [3.63, 3.8) is 0 Å². The molecule has 0 amide bonds. The molecule has 0 aliphatic heterocycles. The minimum atomic E-state index is -0.459. The summed E-state index contributed by atoms with van der Waals surface area (Å²) < 4.78 is 0. The minimum absolute atomic E-state index is 0.231. The van der Waals surface area contributed by atoms with Gasteiger partial charge in [0, 0.05) is 12.0 Å². The first-order chi connectivity index (χ1) is 3.42. The molecule has 0 unspecified atom stereocenters. The van der Waals surface area contributed by atoms with Gasteiger partial charge in [0.15, 0.2) is 0 Å². The van der Waals surface area contributed by atoms with E-state index in [9.17, 15) is 4.79 Å². The fraction of sp³-hybridized carbons (Fsp3) is 0.800. The lowest BCUT2D eigenvalue weighted by Crippen LogP contribution is -2.33. The first-order valence-corrected chi connectivity index (χ1v) is 2.77. The van der Waals surface area contributed by atoms with Gasteiger partial charge in [-0.2, -0.15) is 0 Å². The topological polar surface area (TPSA) is 43.1 Å². The van der Waals surface area contributed by atoms with Gasteiger partial charge in [-0.3, -0.25) is 4.79 Å². The van der Waals surface area contributed by atoms with E-state index in [4.69, 9.17) is 17.3 Å². The molecule has 0 aliphatic rings. The summed E-state index contributed by atoms with van der Waals surface area (Å²) in [5.74, 6) is 0. The van der Waals surface area contributed by atoms with Crippen molar-refractivity contribution in [1.29, 1.82) is 0 Å². The third kappa shape index (κ3) is 5.92. The molecule has 0 fully saturated rings. The van der Waals surface area contributed by atoms with Crippen LogP contribution in [0.1, 0.15) is 20.3 Å². The van der Waals surface area contributed by atoms with Gasteiger partial charge < -0.3 is 5.73 Å². The maximum Gasteiger partial charge on any atom is 0.223 e. The molecule has 0 aromatic heterocycles. The summed E-state index contributed by atoms with van der Waals surface area (Å²) >= 11 is 5.04. The van der Waals surface area contributed by atoms with Crippen molar-refractivity contribution in [3.05, 3.63) is 0 Å². The number of hydrogen-bond acceptors (Lipinski definition) is 2. The number of carbonyl (C=O) groups is 1. The molecule has 0 heterocycles. The van der Waals surface area contributed by atoms with Crippen molar-refractivity contribution in [2.45, 2.75) is 25.8 Å². The van der Waals surface area contributed by atoms with Crippen LogP contribution in [0.2, 0.25) is 0 Å². The third-order valence-electron chi connectivity index (χ3n) is 0.595. The van der Waals surface area contributed by atoms with Crippen LogP contribution in [0.3, 0.4) is 0 Å². The molecule has 0 rings (SSSR count). The predicted molar refractivity (Wildman–Crippen MR) is 33.7 cm³/mol. The number of carbonyl (C=O) groups excluding carboxylic acids is 1. The van der Waals surface area contributed by atoms with Crippen LogP contribution in [0.5, 0.6) is 0 Å². The van der Waals surface area contributed by atoms with Gasteiger partial charge in [-0.05, 0) is 25.4 Å². The van der Waals surface area contributed by atoms with Gasteiger partial charge in [-0.1, -0.05) is 0 Å². The summed E-state index contributed by atoms with van der Waals surface area (Å²) in [6, 6.07) is 0. The largest absolute Gasteiger partial charge is 0.325 e. The summed E-state index contributed by atoms with van der Waals surface area (Å²) in [6.07, 6.45) is 0.231. The van der Waals surface area contributed by atoms with Crippen LogP contribution in [0, 0.1) is 0 Å². The first kappa shape index (κ1) is 7.92. The summed E-state index contributed by atoms with van der Waals surface area (Å²) in [6.45, 7) is 3.51. The van der Waals surface area contributed by atoms with Crippen molar-refractivity contribution < 1.29 is 4.79 Å². The van der Waals surface area contributed by atoms with Gasteiger partial charge in [0.05, 0.1) is 0 Å². The van der Waals surface area contributed by atoms with Crippen molar-refractivity contribution in [1.82, 2.24) is 0 Å². The van der Waals surface area contributed by atoms with Gasteiger partial charge in [0.25, 0.3) is 0 Å². The highest BCUT2D eigenvalue weighted by molar-refractivity contribution is 6.63. The van der Waals surface area contributed by atoms with E-state index in [0.29, 0.717) is 0 Å². The maximum absolute atomic E-state index is 10.1. The second-order valence-electron chi connectivity index (χ2n) is 2.52. The SMILES string of the molecule is CC(C)(N)CC(=O)Cl. The Bertz CT molecular complexity index is 95.1. The van der Waals surface area contributed by atoms with Crippen molar-refractivity contribution >= 4 is 16.8 Å². The molecule has 48 valence electrons. The maximum atomic E-state index is 10.1. The Labute approximate surface area is 54.0 Å². The molecule has 2 nitrogen and oxygen atoms in total. The second-order valence-corrected chi connectivity index (χ2v) is 2.94. The van der Waals surface area contributed by atoms with Crippen molar-refractivity contribution in [3.8, 4) is 0 Å². The Hall–Kier alpha value is -0.0800. The van der Waals surface area contributed by atoms with Gasteiger partial charge in [0.2, 0.25) is 5.24 Å². The van der Waals surface area contributed by atoms with Gasteiger partial charge >= 0.3 is 0 Å². The van der Waals surface area contributed by atoms with Crippen LogP contribution in [0.25, 0.3) is 0 Å². The van der Waals surface area contributed by atoms with E-state index in [2.05, 4.69) is 0 Å². The highest BCUT2D eigenvalue weighted by atomic mass is 35.5. The lowest BCUT2D eigenvalue weighted by Gasteiger charge is -2.13. The Kier molecular flexibility index (Phi) is 2.44. The van der Waals surface area contributed by atoms with Crippen LogP contribution in [-0.4, -0.2) is 10.8 Å². The van der Waals surface area contributed by atoms with E-state index in [0.717, 1.165) is 0 Å². The van der Waals surface area contributed by atoms with Gasteiger partial charge in [-0.15, -0.1) is 0 Å². The summed E-state index contributed by atoms with van der Waals surface area (Å²) in [5.41, 5.74) is 4.97. The molecule has 8 heavy (non-hydrogen) atoms. The highest BCUT2D eigenvalue weighted by Gasteiger charge is 2.13. The minimum Gasteiger partial charge on any atom is -0.325 e. The zero-order valence-corrected chi connectivity index (χ0v) is 5.83. The normalized spacial score (nSPS) is 11.5. The molecule has 2 N–H and O–H groups in total. The van der Waals surface area contributed by atoms with E-state index in [1.807, 2.05) is 0 Å². The van der Waals surface area contributed by atoms with E-state index < -0.39 is 5.54 Å². The Morgan fingerprint density at radius 1 is 1.75 bits per heavy atom. The van der Waals surface area contributed by atoms with Gasteiger partial charge in [-0.25, -0.2) is 0 Å². The van der Waals surface area contributed by atoms with Crippen molar-refractivity contribution in [2.75, 3.05) is 0 Å². The van der Waals surface area contributed by atoms with Crippen LogP contribution >= 0.6 is 11.6 Å². The molecule has 0 aliphatic carbocycles. The van der Waals surface area contributed by atoms with E-state index in [-0.39, 0.29) is 11.7 Å². The summed E-state index contributed by atoms with van der Waals surface area (Å²) in [5, 5.41) is -0.377. The molecule has 0 saturated heterocycles. The zero-order chi connectivity index (χ0) is 6.78. The zero-order valence-electron chi connectivity index (χ0n) is 5.07. The lowest BCUT2D eigenvalue weighted by atomic mass is 10.0. The van der Waals surface area contributed by atoms with Crippen LogP contribution in [0.4, 0.5) is 0 Å². The first-order valence-electron chi connectivity index (χ1n) is 2.39. The third-order valence-corrected chi connectivity index (χ3v) is 0.728. The molecule has 0 atom stereocenters. The summed E-state index contributed by atoms with van der Waals surface area (Å²) in [4.78, 5) is 10.1. The van der Waals surface area contributed by atoms with E-state index >= 15 is 0 Å². The molecule has 0 saturated carbocycles. The molecule has 0 aromatic carbocycles. The Morgan fingerprint density at radius 3 is 2.12 bits per heavy atom. The number of nitrogens with two attached hydrogens (primary N) is 1. The summed E-state index contributed by atoms with van der Waals surface area (Å²) in [7, 11) is 0. The van der Waals surface area contributed by atoms with Gasteiger partial charge in [0.1, 0.15) is 0 Å². The average molecular weight is 136 g/mol. The quantitative estimate of drug-likeness (QED) is 0.572. The Balaban J connectivity index is 3.55. The number of hydrogen-bond donors (Lipinski definition) is 1. The molecule has 0 spiro atoms. The Morgan fingerprint density at radius 2 is 2.12 bits per heavy atom. The van der Waals surface area contributed by atoms with Crippen LogP contribution in [-0.2, 0) is 4.79 Å². The van der Waals surface area contributed by atoms with Crippen molar-refractivity contribution in [2.24, 2.45) is 5.73 Å². The number of halogens is 1. The molecule has 0 aromatic rings. The highest BCUT2D eigenvalue weighted by Crippen LogP contribution is 2.04. The van der Waals surface area contributed by atoms with E-state index in [1.54, 1.807) is 13.8 Å². The monoisotopic (exact) mass is 135 g/mol.